The lowest BCUT2D eigenvalue weighted by molar-refractivity contribution is -0.0504. The van der Waals surface area contributed by atoms with Crippen LogP contribution in [0.25, 0.3) is 0 Å². The predicted octanol–water partition coefficient (Wildman–Crippen LogP) is 3.59. The highest BCUT2D eigenvalue weighted by molar-refractivity contribution is 5.79. The van der Waals surface area contributed by atoms with E-state index in [1.165, 1.54) is 11.6 Å². The molecule has 7 heteroatoms. The average Bonchev–Trinajstić information content (AvgIpc) is 2.68. The van der Waals surface area contributed by atoms with Gasteiger partial charge in [0.1, 0.15) is 11.5 Å². The summed E-state index contributed by atoms with van der Waals surface area (Å²) in [4.78, 5) is 4.15. The Bertz CT molecular complexity index is 721. The lowest BCUT2D eigenvalue weighted by Gasteiger charge is -2.14. The molecule has 0 fully saturated rings. The van der Waals surface area contributed by atoms with E-state index in [0.717, 1.165) is 25.1 Å². The number of halogens is 2. The summed E-state index contributed by atoms with van der Waals surface area (Å²) in [5.74, 6) is 1.61. The maximum atomic E-state index is 12.5. The van der Waals surface area contributed by atoms with Crippen molar-refractivity contribution in [2.75, 3.05) is 20.7 Å². The molecule has 0 amide bonds. The molecule has 2 aromatic carbocycles. The van der Waals surface area contributed by atoms with E-state index in [9.17, 15) is 8.78 Å². The van der Waals surface area contributed by atoms with Gasteiger partial charge in [0.25, 0.3) is 0 Å². The molecule has 2 aromatic rings. The van der Waals surface area contributed by atoms with E-state index in [-0.39, 0.29) is 5.75 Å². The fourth-order valence-corrected chi connectivity index (χ4v) is 2.55. The summed E-state index contributed by atoms with van der Waals surface area (Å²) < 4.78 is 34.6. The molecule has 0 saturated carbocycles. The van der Waals surface area contributed by atoms with Gasteiger partial charge in [0, 0.05) is 25.7 Å². The van der Waals surface area contributed by atoms with Gasteiger partial charge < -0.3 is 20.1 Å². The van der Waals surface area contributed by atoms with Crippen molar-refractivity contribution >= 4 is 5.96 Å². The molecule has 0 unspecified atom stereocenters. The van der Waals surface area contributed by atoms with Gasteiger partial charge in [-0.1, -0.05) is 30.3 Å². The third kappa shape index (κ3) is 7.13. The fraction of sp³-hybridized carbons (Fsp3) is 0.350. The van der Waals surface area contributed by atoms with E-state index in [2.05, 4.69) is 20.4 Å². The van der Waals surface area contributed by atoms with E-state index < -0.39 is 6.61 Å². The van der Waals surface area contributed by atoms with Gasteiger partial charge in [0.05, 0.1) is 7.11 Å². The topological polar surface area (TPSA) is 54.9 Å². The number of guanidine groups is 1. The molecule has 0 aliphatic heterocycles. The number of methoxy groups -OCH3 is 1. The van der Waals surface area contributed by atoms with Crippen LogP contribution in [0.5, 0.6) is 11.5 Å². The standard InChI is InChI=1S/C20H25F2N3O2/c1-23-20(24-13-5-6-15-9-11-17(26-2)12-10-15)25-14-16-7-3-4-8-18(16)27-19(21)22/h3-4,7-12,19H,5-6,13-14H2,1-2H3,(H2,23,24,25). The SMILES string of the molecule is CN=C(NCCCc1ccc(OC)cc1)NCc1ccccc1OC(F)F. The smallest absolute Gasteiger partial charge is 0.387 e. The molecule has 27 heavy (non-hydrogen) atoms. The highest BCUT2D eigenvalue weighted by Gasteiger charge is 2.09. The van der Waals surface area contributed by atoms with Crippen LogP contribution < -0.4 is 20.1 Å². The van der Waals surface area contributed by atoms with Crippen molar-refractivity contribution in [2.45, 2.75) is 26.0 Å². The van der Waals surface area contributed by atoms with E-state index in [4.69, 9.17) is 4.74 Å². The van der Waals surface area contributed by atoms with Crippen LogP contribution in [-0.4, -0.2) is 33.3 Å². The van der Waals surface area contributed by atoms with Crippen molar-refractivity contribution in [2.24, 2.45) is 4.99 Å². The van der Waals surface area contributed by atoms with Gasteiger partial charge >= 0.3 is 6.61 Å². The number of rotatable bonds is 9. The van der Waals surface area contributed by atoms with Crippen molar-refractivity contribution in [3.63, 3.8) is 0 Å². The van der Waals surface area contributed by atoms with E-state index in [1.54, 1.807) is 32.4 Å². The second-order valence-electron chi connectivity index (χ2n) is 5.79. The van der Waals surface area contributed by atoms with Crippen LogP contribution in [0.15, 0.2) is 53.5 Å². The van der Waals surface area contributed by atoms with Gasteiger partial charge in [-0.2, -0.15) is 8.78 Å². The highest BCUT2D eigenvalue weighted by Crippen LogP contribution is 2.19. The molecule has 0 spiro atoms. The first kappa shape index (κ1) is 20.5. The summed E-state index contributed by atoms with van der Waals surface area (Å²) in [6, 6.07) is 14.7. The maximum Gasteiger partial charge on any atom is 0.387 e. The lowest BCUT2D eigenvalue weighted by atomic mass is 10.1. The molecule has 0 saturated heterocycles. The fourth-order valence-electron chi connectivity index (χ4n) is 2.55. The number of hydrogen-bond donors (Lipinski definition) is 2. The van der Waals surface area contributed by atoms with Crippen molar-refractivity contribution in [3.05, 3.63) is 59.7 Å². The second-order valence-corrected chi connectivity index (χ2v) is 5.79. The Morgan fingerprint density at radius 2 is 1.81 bits per heavy atom. The van der Waals surface area contributed by atoms with E-state index in [1.807, 2.05) is 24.3 Å². The predicted molar refractivity (Wildman–Crippen MR) is 103 cm³/mol. The number of nitrogens with zero attached hydrogens (tertiary/aromatic N) is 1. The second kappa shape index (κ2) is 11.0. The summed E-state index contributed by atoms with van der Waals surface area (Å²) in [6.07, 6.45) is 1.86. The first-order valence-corrected chi connectivity index (χ1v) is 8.72. The van der Waals surface area contributed by atoms with Crippen molar-refractivity contribution < 1.29 is 18.3 Å². The molecule has 0 bridgehead atoms. The minimum Gasteiger partial charge on any atom is -0.497 e. The highest BCUT2D eigenvalue weighted by atomic mass is 19.3. The van der Waals surface area contributed by atoms with Gasteiger partial charge in [0.15, 0.2) is 5.96 Å². The first-order chi connectivity index (χ1) is 13.1. The summed E-state index contributed by atoms with van der Waals surface area (Å²) in [6.45, 7) is -1.77. The average molecular weight is 377 g/mol. The largest absolute Gasteiger partial charge is 0.497 e. The molecule has 0 radical (unpaired) electrons. The molecule has 0 atom stereocenters. The van der Waals surface area contributed by atoms with Gasteiger partial charge in [-0.25, -0.2) is 0 Å². The Kier molecular flexibility index (Phi) is 8.35. The quantitative estimate of drug-likeness (QED) is 0.398. The Morgan fingerprint density at radius 3 is 2.48 bits per heavy atom. The Balaban J connectivity index is 1.76. The molecular formula is C20H25F2N3O2. The third-order valence-corrected chi connectivity index (χ3v) is 3.95. The number of aliphatic imine (C=N–C) groups is 1. The molecule has 2 N–H and O–H groups in total. The minimum atomic E-state index is -2.85. The van der Waals surface area contributed by atoms with Crippen LogP contribution in [-0.2, 0) is 13.0 Å². The number of hydrogen-bond acceptors (Lipinski definition) is 3. The molecule has 0 aliphatic carbocycles. The molecule has 0 heterocycles. The Morgan fingerprint density at radius 1 is 1.07 bits per heavy atom. The van der Waals surface area contributed by atoms with E-state index >= 15 is 0 Å². The summed E-state index contributed by atoms with van der Waals surface area (Å²) in [7, 11) is 3.32. The number of alkyl halides is 2. The van der Waals surface area contributed by atoms with Crippen LogP contribution in [0, 0.1) is 0 Å². The van der Waals surface area contributed by atoms with Gasteiger partial charge in [-0.05, 0) is 36.6 Å². The van der Waals surface area contributed by atoms with Gasteiger partial charge in [-0.15, -0.1) is 0 Å². The van der Waals surface area contributed by atoms with Crippen molar-refractivity contribution in [3.8, 4) is 11.5 Å². The zero-order valence-corrected chi connectivity index (χ0v) is 15.5. The zero-order valence-electron chi connectivity index (χ0n) is 15.5. The molecular weight excluding hydrogens is 352 g/mol. The van der Waals surface area contributed by atoms with Gasteiger partial charge in [-0.3, -0.25) is 4.99 Å². The van der Waals surface area contributed by atoms with Crippen LogP contribution in [0.2, 0.25) is 0 Å². The first-order valence-electron chi connectivity index (χ1n) is 8.72. The molecule has 146 valence electrons. The van der Waals surface area contributed by atoms with Gasteiger partial charge in [0.2, 0.25) is 0 Å². The Hall–Kier alpha value is -2.83. The Labute approximate surface area is 158 Å². The molecule has 5 nitrogen and oxygen atoms in total. The number of nitrogens with one attached hydrogen (secondary N) is 2. The summed E-state index contributed by atoms with van der Waals surface area (Å²) in [5, 5.41) is 6.33. The molecule has 0 aromatic heterocycles. The minimum absolute atomic E-state index is 0.162. The number of aryl methyl sites for hydroxylation is 1. The molecule has 0 aliphatic rings. The summed E-state index contributed by atoms with van der Waals surface area (Å²) >= 11 is 0. The van der Waals surface area contributed by atoms with Crippen LogP contribution >= 0.6 is 0 Å². The summed E-state index contributed by atoms with van der Waals surface area (Å²) in [5.41, 5.74) is 1.87. The lowest BCUT2D eigenvalue weighted by Crippen LogP contribution is -2.37. The number of para-hydroxylation sites is 1. The maximum absolute atomic E-state index is 12.5. The number of ether oxygens (including phenoxy) is 2. The molecule has 2 rings (SSSR count). The van der Waals surface area contributed by atoms with E-state index in [0.29, 0.717) is 18.1 Å². The van der Waals surface area contributed by atoms with Crippen molar-refractivity contribution in [1.29, 1.82) is 0 Å². The number of benzene rings is 2. The normalized spacial score (nSPS) is 11.4. The third-order valence-electron chi connectivity index (χ3n) is 3.95. The zero-order chi connectivity index (χ0) is 19.5. The van der Waals surface area contributed by atoms with Crippen LogP contribution in [0.4, 0.5) is 8.78 Å². The van der Waals surface area contributed by atoms with Crippen LogP contribution in [0.3, 0.4) is 0 Å². The van der Waals surface area contributed by atoms with Crippen molar-refractivity contribution in [1.82, 2.24) is 10.6 Å². The van der Waals surface area contributed by atoms with Crippen LogP contribution in [0.1, 0.15) is 17.5 Å². The monoisotopic (exact) mass is 377 g/mol.